The molecule has 4 saturated carbocycles. The van der Waals surface area contributed by atoms with E-state index in [-0.39, 0.29) is 58.0 Å². The van der Waals surface area contributed by atoms with E-state index in [4.69, 9.17) is 9.47 Å². The van der Waals surface area contributed by atoms with Crippen LogP contribution < -0.4 is 17.0 Å². The van der Waals surface area contributed by atoms with E-state index >= 15 is 0 Å². The monoisotopic (exact) mass is 665 g/mol. The molecule has 6 aliphatic rings. The van der Waals surface area contributed by atoms with E-state index in [1.54, 1.807) is 13.8 Å². The zero-order chi connectivity index (χ0) is 30.0. The fraction of sp³-hybridized carbons (Fsp3) is 0.912. The Labute approximate surface area is 269 Å². The van der Waals surface area contributed by atoms with Crippen molar-refractivity contribution in [2.75, 3.05) is 53.4 Å². The van der Waals surface area contributed by atoms with Crippen LogP contribution in [0.1, 0.15) is 85.5 Å². The Balaban J connectivity index is 0.00000368. The van der Waals surface area contributed by atoms with Crippen molar-refractivity contribution in [2.24, 2.45) is 34.5 Å². The molecule has 0 radical (unpaired) electrons. The molecule has 6 fully saturated rings. The Kier molecular flexibility index (Phi) is 9.53. The lowest BCUT2D eigenvalue weighted by Gasteiger charge is -2.62. The highest BCUT2D eigenvalue weighted by Crippen LogP contribution is 2.67. The largest absolute Gasteiger partial charge is 1.00 e. The summed E-state index contributed by atoms with van der Waals surface area (Å²) in [5.41, 5.74) is 0.207. The minimum atomic E-state index is -0.183. The van der Waals surface area contributed by atoms with E-state index in [0.717, 1.165) is 69.4 Å². The number of likely N-dealkylation sites (tertiary alicyclic amines) is 1. The van der Waals surface area contributed by atoms with Crippen molar-refractivity contribution in [2.45, 2.75) is 110 Å². The fourth-order valence-corrected chi connectivity index (χ4v) is 11.1. The van der Waals surface area contributed by atoms with Crippen LogP contribution in [0.3, 0.4) is 0 Å². The lowest BCUT2D eigenvalue weighted by atomic mass is 9.44. The van der Waals surface area contributed by atoms with Crippen LogP contribution in [-0.2, 0) is 23.9 Å². The van der Waals surface area contributed by atoms with Gasteiger partial charge < -0.3 is 30.9 Å². The maximum atomic E-state index is 12.5. The number of halogens is 1. The fourth-order valence-electron chi connectivity index (χ4n) is 11.1. The predicted octanol–water partition coefficient (Wildman–Crippen LogP) is 0.910. The third-order valence-electron chi connectivity index (χ3n) is 13.5. The summed E-state index contributed by atoms with van der Waals surface area (Å²) in [5, 5.41) is 0. The Morgan fingerprint density at radius 1 is 0.814 bits per heavy atom. The molecule has 0 bridgehead atoms. The molecule has 2 heterocycles. The first-order chi connectivity index (χ1) is 19.8. The first-order valence-corrected chi connectivity index (χ1v) is 17.0. The van der Waals surface area contributed by atoms with Gasteiger partial charge >= 0.3 is 11.9 Å². The molecule has 2 saturated heterocycles. The third-order valence-corrected chi connectivity index (χ3v) is 13.5. The quantitative estimate of drug-likeness (QED) is 0.327. The molecule has 9 heteroatoms. The number of carbonyl (C=O) groups excluding carboxylic acids is 3. The van der Waals surface area contributed by atoms with Gasteiger partial charge in [-0.2, -0.15) is 0 Å². The summed E-state index contributed by atoms with van der Waals surface area (Å²) in [6.45, 7) is 14.1. The van der Waals surface area contributed by atoms with E-state index < -0.39 is 0 Å². The lowest BCUT2D eigenvalue weighted by molar-refractivity contribution is -0.894. The van der Waals surface area contributed by atoms with Crippen LogP contribution in [-0.4, -0.2) is 110 Å². The summed E-state index contributed by atoms with van der Waals surface area (Å²) in [4.78, 5) is 41.9. The van der Waals surface area contributed by atoms with Crippen molar-refractivity contribution in [3.05, 3.63) is 0 Å². The number of likely N-dealkylation sites (N-methyl/N-ethyl adjacent to an activating group) is 1. The molecule has 244 valence electrons. The molecule has 10 atom stereocenters. The minimum Gasteiger partial charge on any atom is -1.00 e. The molecular weight excluding hydrogens is 610 g/mol. The lowest BCUT2D eigenvalue weighted by Crippen LogP contribution is -3.00. The number of ether oxygens (including phenoxy) is 2. The van der Waals surface area contributed by atoms with Crippen molar-refractivity contribution >= 4 is 17.7 Å². The molecule has 2 aliphatic heterocycles. The van der Waals surface area contributed by atoms with Gasteiger partial charge in [0.1, 0.15) is 18.0 Å². The molecule has 0 N–H and O–H groups in total. The standard InChI is InChI=1S/C34H56N3O5.BrH/c1-22(38)41-31-19-24-7-8-26-27(34(24,4)21-30(31)35-13-10-25(40)11-14-35)9-12-33(3)28(26)20-29(32(33)42-23(2)39)36-15-17-37(5,6)18-16-36;/h24,26-32H,7-21H2,1-6H3;1H/q+1;/p-1/t24?,26-,27-,28+,29?,30?,31?,32?,33+,34+;/m1./s1. The molecule has 0 aromatic heterocycles. The zero-order valence-corrected chi connectivity index (χ0v) is 29.1. The van der Waals surface area contributed by atoms with E-state index in [9.17, 15) is 14.4 Å². The number of ketones is 1. The smallest absolute Gasteiger partial charge is 0.302 e. The summed E-state index contributed by atoms with van der Waals surface area (Å²) in [6, 6.07) is 0.502. The molecule has 5 unspecified atom stereocenters. The van der Waals surface area contributed by atoms with Crippen LogP contribution >= 0.6 is 0 Å². The second-order valence-electron chi connectivity index (χ2n) is 16.2. The topological polar surface area (TPSA) is 76.2 Å². The predicted molar refractivity (Wildman–Crippen MR) is 160 cm³/mol. The van der Waals surface area contributed by atoms with Gasteiger partial charge in [0.25, 0.3) is 0 Å². The van der Waals surface area contributed by atoms with Gasteiger partial charge in [-0.3, -0.25) is 24.2 Å². The van der Waals surface area contributed by atoms with Crippen LogP contribution in [0.25, 0.3) is 0 Å². The SMILES string of the molecule is CC(=O)OC1CC2CC[C@@H]3[C@@H](CC[C@]4(C)C(OC(C)=O)C(N5CC[N+](C)(C)CC5)C[C@@H]34)[C@@]2(C)CC1N1CCC(=O)CC1.[Br-]. The number of Topliss-reactive ketones (excluding diaryl/α,β-unsaturated/α-hetero) is 1. The molecule has 6 rings (SSSR count). The van der Waals surface area contributed by atoms with Crippen LogP contribution in [0.5, 0.6) is 0 Å². The van der Waals surface area contributed by atoms with Gasteiger partial charge in [-0.25, -0.2) is 0 Å². The average Bonchev–Trinajstić information content (AvgIpc) is 3.20. The Hall–Kier alpha value is -1.03. The van der Waals surface area contributed by atoms with Crippen LogP contribution in [0.15, 0.2) is 0 Å². The average molecular weight is 667 g/mol. The van der Waals surface area contributed by atoms with Crippen LogP contribution in [0, 0.1) is 34.5 Å². The highest BCUT2D eigenvalue weighted by atomic mass is 79.9. The molecular formula is C34H56BrN3O5. The van der Waals surface area contributed by atoms with Gasteiger partial charge in [0.15, 0.2) is 0 Å². The number of piperidine rings is 1. The number of fused-ring (bicyclic) bond motifs is 5. The molecule has 0 aromatic rings. The number of hydrogen-bond acceptors (Lipinski definition) is 7. The van der Waals surface area contributed by atoms with E-state index in [1.165, 1.54) is 19.3 Å². The van der Waals surface area contributed by atoms with Gasteiger partial charge in [0.2, 0.25) is 0 Å². The first-order valence-electron chi connectivity index (χ1n) is 17.0. The van der Waals surface area contributed by atoms with Crippen molar-refractivity contribution in [1.82, 2.24) is 9.80 Å². The van der Waals surface area contributed by atoms with Crippen molar-refractivity contribution in [3.63, 3.8) is 0 Å². The maximum absolute atomic E-state index is 12.5. The summed E-state index contributed by atoms with van der Waals surface area (Å²) in [5.74, 6) is 2.42. The van der Waals surface area contributed by atoms with E-state index in [1.807, 2.05) is 0 Å². The van der Waals surface area contributed by atoms with E-state index in [0.29, 0.717) is 48.3 Å². The van der Waals surface area contributed by atoms with Crippen molar-refractivity contribution < 1.29 is 45.3 Å². The van der Waals surface area contributed by atoms with Crippen LogP contribution in [0.2, 0.25) is 0 Å². The highest BCUT2D eigenvalue weighted by Gasteiger charge is 2.65. The second-order valence-corrected chi connectivity index (χ2v) is 16.2. The molecule has 0 amide bonds. The number of rotatable bonds is 4. The highest BCUT2D eigenvalue weighted by molar-refractivity contribution is 5.79. The second kappa shape index (κ2) is 12.3. The summed E-state index contributed by atoms with van der Waals surface area (Å²) >= 11 is 0. The molecule has 43 heavy (non-hydrogen) atoms. The van der Waals surface area contributed by atoms with Crippen molar-refractivity contribution in [1.29, 1.82) is 0 Å². The number of hydrogen-bond donors (Lipinski definition) is 0. The molecule has 4 aliphatic carbocycles. The van der Waals surface area contributed by atoms with Crippen LogP contribution in [0.4, 0.5) is 0 Å². The summed E-state index contributed by atoms with van der Waals surface area (Å²) in [7, 11) is 4.65. The van der Waals surface area contributed by atoms with Gasteiger partial charge in [0, 0.05) is 70.4 Å². The molecule has 8 nitrogen and oxygen atoms in total. The van der Waals surface area contributed by atoms with Gasteiger partial charge in [0.05, 0.1) is 27.2 Å². The van der Waals surface area contributed by atoms with Gasteiger partial charge in [-0.1, -0.05) is 13.8 Å². The maximum Gasteiger partial charge on any atom is 0.302 e. The van der Waals surface area contributed by atoms with E-state index in [2.05, 4.69) is 37.7 Å². The molecule has 0 aromatic carbocycles. The van der Waals surface area contributed by atoms with Crippen molar-refractivity contribution in [3.8, 4) is 0 Å². The third kappa shape index (κ3) is 6.10. The number of carbonyl (C=O) groups is 3. The van der Waals surface area contributed by atoms with Gasteiger partial charge in [-0.05, 0) is 74.0 Å². The minimum absolute atomic E-state index is 0. The zero-order valence-electron chi connectivity index (χ0n) is 27.5. The summed E-state index contributed by atoms with van der Waals surface area (Å²) < 4.78 is 13.4. The normalized spacial score (nSPS) is 44.7. The van der Waals surface area contributed by atoms with Gasteiger partial charge in [-0.15, -0.1) is 0 Å². The molecule has 0 spiro atoms. The first kappa shape index (κ1) is 33.3. The number of quaternary nitrogens is 1. The Morgan fingerprint density at radius 2 is 1.44 bits per heavy atom. The number of esters is 2. The number of nitrogens with zero attached hydrogens (tertiary/aromatic N) is 3. The Bertz CT molecular complexity index is 1070. The Morgan fingerprint density at radius 3 is 2.07 bits per heavy atom. The number of piperazine rings is 1. The summed E-state index contributed by atoms with van der Waals surface area (Å²) in [6.07, 6.45) is 8.95.